The fraction of sp³-hybridized carbons (Fsp3) is 0.750. The molecule has 0 bridgehead atoms. The molecule has 20 heavy (non-hydrogen) atoms. The molecule has 0 aliphatic heterocycles. The Morgan fingerprint density at radius 3 is 2.75 bits per heavy atom. The molecule has 4 nitrogen and oxygen atoms in total. The van der Waals surface area contributed by atoms with Crippen LogP contribution in [0.4, 0.5) is 0 Å². The number of nitrogens with zero attached hydrogens (tertiary/aromatic N) is 1. The summed E-state index contributed by atoms with van der Waals surface area (Å²) in [6.07, 6.45) is 9.56. The Morgan fingerprint density at radius 2 is 2.05 bits per heavy atom. The number of nitriles is 1. The molecule has 112 valence electrons. The predicted octanol–water partition coefficient (Wildman–Crippen LogP) is 2.36. The van der Waals surface area contributed by atoms with Gasteiger partial charge in [0.2, 0.25) is 0 Å². The van der Waals surface area contributed by atoms with Crippen molar-refractivity contribution in [2.75, 3.05) is 6.61 Å². The van der Waals surface area contributed by atoms with Gasteiger partial charge in [-0.3, -0.25) is 4.79 Å². The Morgan fingerprint density at radius 1 is 1.30 bits per heavy atom. The number of Topliss-reactive ketones (excluding diaryl/α,β-unsaturated/α-hetero) is 1. The Bertz CT molecular complexity index is 359. The minimum atomic E-state index is -0.586. The molecule has 1 aliphatic carbocycles. The van der Waals surface area contributed by atoms with Crippen molar-refractivity contribution in [2.45, 2.75) is 57.5 Å². The summed E-state index contributed by atoms with van der Waals surface area (Å²) in [7, 11) is 0. The number of hydrogen-bond donors (Lipinski definition) is 2. The molecule has 0 radical (unpaired) electrons. The summed E-state index contributed by atoms with van der Waals surface area (Å²) >= 11 is 0. The van der Waals surface area contributed by atoms with Crippen LogP contribution in [0.15, 0.2) is 12.2 Å². The van der Waals surface area contributed by atoms with Crippen molar-refractivity contribution in [1.82, 2.24) is 0 Å². The molecule has 0 unspecified atom stereocenters. The minimum Gasteiger partial charge on any atom is -0.396 e. The van der Waals surface area contributed by atoms with Gasteiger partial charge in [-0.05, 0) is 25.7 Å². The van der Waals surface area contributed by atoms with Crippen molar-refractivity contribution in [3.8, 4) is 6.07 Å². The SMILES string of the molecule is N#CCC[C@H]1C(=O)C[C@H](O)[C@@H]1/C=C/CCCCCCO. The summed E-state index contributed by atoms with van der Waals surface area (Å²) in [6.45, 7) is 0.257. The number of allylic oxidation sites excluding steroid dienone is 1. The van der Waals surface area contributed by atoms with E-state index in [1.165, 1.54) is 0 Å². The van der Waals surface area contributed by atoms with E-state index in [1.54, 1.807) is 0 Å². The second kappa shape index (κ2) is 9.68. The lowest BCUT2D eigenvalue weighted by Crippen LogP contribution is -2.18. The van der Waals surface area contributed by atoms with Crippen LogP contribution in [-0.2, 0) is 4.79 Å². The topological polar surface area (TPSA) is 81.3 Å². The number of unbranched alkanes of at least 4 members (excludes halogenated alkanes) is 4. The summed E-state index contributed by atoms with van der Waals surface area (Å²) in [5.74, 6) is -0.214. The molecule has 1 aliphatic rings. The molecule has 3 atom stereocenters. The van der Waals surface area contributed by atoms with E-state index in [1.807, 2.05) is 12.2 Å². The van der Waals surface area contributed by atoms with Crippen LogP contribution in [0.5, 0.6) is 0 Å². The number of ketones is 1. The van der Waals surface area contributed by atoms with Crippen molar-refractivity contribution in [1.29, 1.82) is 5.26 Å². The van der Waals surface area contributed by atoms with Crippen LogP contribution in [-0.4, -0.2) is 28.7 Å². The number of rotatable bonds is 9. The number of hydrogen-bond acceptors (Lipinski definition) is 4. The zero-order valence-corrected chi connectivity index (χ0v) is 12.0. The smallest absolute Gasteiger partial charge is 0.139 e. The first-order valence-electron chi connectivity index (χ1n) is 7.56. The van der Waals surface area contributed by atoms with Crippen LogP contribution in [0, 0.1) is 23.2 Å². The molecule has 4 heteroatoms. The third-order valence-electron chi connectivity index (χ3n) is 3.94. The lowest BCUT2D eigenvalue weighted by Gasteiger charge is -2.16. The molecule has 0 saturated heterocycles. The van der Waals surface area contributed by atoms with Crippen LogP contribution in [0.1, 0.15) is 51.4 Å². The summed E-state index contributed by atoms with van der Waals surface area (Å²) < 4.78 is 0. The molecule has 1 saturated carbocycles. The number of carbonyl (C=O) groups excluding carboxylic acids is 1. The van der Waals surface area contributed by atoms with E-state index in [-0.39, 0.29) is 30.6 Å². The highest BCUT2D eigenvalue weighted by atomic mass is 16.3. The molecule has 0 amide bonds. The predicted molar refractivity (Wildman–Crippen MR) is 76.8 cm³/mol. The molecular weight excluding hydrogens is 254 g/mol. The number of aliphatic hydroxyl groups excluding tert-OH is 2. The maximum Gasteiger partial charge on any atom is 0.139 e. The van der Waals surface area contributed by atoms with Crippen LogP contribution in [0.2, 0.25) is 0 Å². The first-order chi connectivity index (χ1) is 9.70. The number of carbonyl (C=O) groups is 1. The highest BCUT2D eigenvalue weighted by Crippen LogP contribution is 2.33. The standard InChI is InChI=1S/C16H25NO3/c17-10-7-9-14-13(15(19)12-16(14)20)8-5-3-1-2-4-6-11-18/h5,8,13-15,18-19H,1-4,6-7,9,11-12H2/b8-5+/t13-,14-,15+/m1/s1. The average molecular weight is 279 g/mol. The van der Waals surface area contributed by atoms with Gasteiger partial charge < -0.3 is 10.2 Å². The Kier molecular flexibility index (Phi) is 8.17. The molecule has 0 aromatic heterocycles. The van der Waals surface area contributed by atoms with Crippen LogP contribution < -0.4 is 0 Å². The first kappa shape index (κ1) is 16.9. The Hall–Kier alpha value is -1.18. The van der Waals surface area contributed by atoms with Gasteiger partial charge >= 0.3 is 0 Å². The van der Waals surface area contributed by atoms with Gasteiger partial charge in [-0.2, -0.15) is 5.26 Å². The highest BCUT2D eigenvalue weighted by molar-refractivity contribution is 5.84. The monoisotopic (exact) mass is 279 g/mol. The zero-order chi connectivity index (χ0) is 14.8. The molecule has 1 rings (SSSR count). The zero-order valence-electron chi connectivity index (χ0n) is 12.0. The van der Waals surface area contributed by atoms with Crippen molar-refractivity contribution < 1.29 is 15.0 Å². The molecule has 0 heterocycles. The van der Waals surface area contributed by atoms with Gasteiger partial charge in [-0.15, -0.1) is 0 Å². The minimum absolute atomic E-state index is 0.0883. The van der Waals surface area contributed by atoms with E-state index in [2.05, 4.69) is 6.07 Å². The van der Waals surface area contributed by atoms with Gasteiger partial charge in [0, 0.05) is 31.3 Å². The second-order valence-electron chi connectivity index (χ2n) is 5.47. The van der Waals surface area contributed by atoms with Crippen molar-refractivity contribution in [2.24, 2.45) is 11.8 Å². The van der Waals surface area contributed by atoms with Gasteiger partial charge in [0.05, 0.1) is 12.2 Å². The Balaban J connectivity index is 2.35. The molecule has 2 N–H and O–H groups in total. The normalized spacial score (nSPS) is 26.2. The fourth-order valence-corrected chi connectivity index (χ4v) is 2.79. The number of aliphatic hydroxyl groups is 2. The second-order valence-corrected chi connectivity index (χ2v) is 5.47. The average Bonchev–Trinajstić information content (AvgIpc) is 2.70. The van der Waals surface area contributed by atoms with Crippen molar-refractivity contribution >= 4 is 5.78 Å². The summed E-state index contributed by atoms with van der Waals surface area (Å²) in [6, 6.07) is 2.07. The van der Waals surface area contributed by atoms with Gasteiger partial charge in [-0.25, -0.2) is 0 Å². The third kappa shape index (κ3) is 5.44. The lowest BCUT2D eigenvalue weighted by molar-refractivity contribution is -0.121. The van der Waals surface area contributed by atoms with Crippen molar-refractivity contribution in [3.05, 3.63) is 12.2 Å². The summed E-state index contributed by atoms with van der Waals surface area (Å²) in [5.41, 5.74) is 0. The van der Waals surface area contributed by atoms with Crippen molar-refractivity contribution in [3.63, 3.8) is 0 Å². The van der Waals surface area contributed by atoms with Gasteiger partial charge in [0.15, 0.2) is 0 Å². The van der Waals surface area contributed by atoms with E-state index < -0.39 is 6.10 Å². The van der Waals surface area contributed by atoms with Crippen LogP contribution in [0.3, 0.4) is 0 Å². The maximum atomic E-state index is 11.8. The van der Waals surface area contributed by atoms with Crippen LogP contribution >= 0.6 is 0 Å². The van der Waals surface area contributed by atoms with Crippen LogP contribution in [0.25, 0.3) is 0 Å². The summed E-state index contributed by atoms with van der Waals surface area (Å²) in [4.78, 5) is 11.8. The molecular formula is C16H25NO3. The van der Waals surface area contributed by atoms with E-state index in [4.69, 9.17) is 10.4 Å². The van der Waals surface area contributed by atoms with Gasteiger partial charge in [0.1, 0.15) is 5.78 Å². The van der Waals surface area contributed by atoms with E-state index in [9.17, 15) is 9.90 Å². The lowest BCUT2D eigenvalue weighted by atomic mass is 9.89. The highest BCUT2D eigenvalue weighted by Gasteiger charge is 2.39. The van der Waals surface area contributed by atoms with E-state index in [0.29, 0.717) is 12.8 Å². The Labute approximate surface area is 121 Å². The molecule has 0 aromatic rings. The largest absolute Gasteiger partial charge is 0.396 e. The fourth-order valence-electron chi connectivity index (χ4n) is 2.79. The summed E-state index contributed by atoms with van der Waals surface area (Å²) in [5, 5.41) is 27.2. The quantitative estimate of drug-likeness (QED) is 0.501. The van der Waals surface area contributed by atoms with E-state index in [0.717, 1.165) is 32.1 Å². The first-order valence-corrected chi connectivity index (χ1v) is 7.56. The molecule has 0 spiro atoms. The van der Waals surface area contributed by atoms with E-state index >= 15 is 0 Å². The maximum absolute atomic E-state index is 11.8. The van der Waals surface area contributed by atoms with Gasteiger partial charge in [-0.1, -0.05) is 25.0 Å². The van der Waals surface area contributed by atoms with Gasteiger partial charge in [0.25, 0.3) is 0 Å². The molecule has 0 aromatic carbocycles. The molecule has 1 fully saturated rings. The third-order valence-corrected chi connectivity index (χ3v) is 3.94.